The van der Waals surface area contributed by atoms with Crippen LogP contribution >= 0.6 is 0 Å². The van der Waals surface area contributed by atoms with Crippen LogP contribution in [0.15, 0.2) is 24.4 Å². The van der Waals surface area contributed by atoms with Crippen LogP contribution in [0.5, 0.6) is 0 Å². The van der Waals surface area contributed by atoms with E-state index in [1.807, 2.05) is 18.2 Å². The Balaban J connectivity index is 0.000000383. The molecule has 2 aliphatic heterocycles. The minimum atomic E-state index is -5.08. The van der Waals surface area contributed by atoms with Gasteiger partial charge in [-0.3, -0.25) is 19.5 Å². The molecule has 2 saturated heterocycles. The van der Waals surface area contributed by atoms with Crippen molar-refractivity contribution in [2.24, 2.45) is 5.92 Å². The molecule has 2 aliphatic rings. The first-order valence-corrected chi connectivity index (χ1v) is 10.2. The number of nitrogens with zero attached hydrogens (tertiary/aromatic N) is 3. The number of carbonyl (C=O) groups excluding carboxylic acids is 2. The van der Waals surface area contributed by atoms with E-state index in [9.17, 15) is 35.9 Å². The number of pyridine rings is 1. The van der Waals surface area contributed by atoms with Crippen LogP contribution in [0.1, 0.15) is 19.0 Å². The number of aromatic nitrogens is 1. The summed E-state index contributed by atoms with van der Waals surface area (Å²) >= 11 is 0. The van der Waals surface area contributed by atoms with Gasteiger partial charge in [-0.25, -0.2) is 9.59 Å². The number of rotatable bonds is 3. The molecule has 1 aromatic rings. The number of fused-ring (bicyclic) bond motifs is 1. The summed E-state index contributed by atoms with van der Waals surface area (Å²) in [5, 5.41) is 16.9. The van der Waals surface area contributed by atoms with Crippen molar-refractivity contribution >= 4 is 23.8 Å². The normalized spacial score (nSPS) is 21.3. The van der Waals surface area contributed by atoms with E-state index in [0.29, 0.717) is 5.92 Å². The summed E-state index contributed by atoms with van der Waals surface area (Å²) in [4.78, 5) is 50.3. The first-order valence-electron chi connectivity index (χ1n) is 10.2. The second-order valence-corrected chi connectivity index (χ2v) is 7.74. The number of nitrogens with one attached hydrogen (secondary N) is 1. The van der Waals surface area contributed by atoms with Crippen LogP contribution in [-0.2, 0) is 25.7 Å². The maximum Gasteiger partial charge on any atom is 0.490 e. The van der Waals surface area contributed by atoms with Crippen molar-refractivity contribution in [1.29, 1.82) is 0 Å². The molecule has 36 heavy (non-hydrogen) atoms. The molecule has 0 spiro atoms. The van der Waals surface area contributed by atoms with Crippen molar-refractivity contribution in [3.63, 3.8) is 0 Å². The van der Waals surface area contributed by atoms with E-state index < -0.39 is 24.3 Å². The Morgan fingerprint density at radius 2 is 1.56 bits per heavy atom. The smallest absolute Gasteiger partial charge is 0.475 e. The third-order valence-electron chi connectivity index (χ3n) is 5.21. The summed E-state index contributed by atoms with van der Waals surface area (Å²) in [5.41, 5.74) is 1.04. The zero-order valence-electron chi connectivity index (χ0n) is 19.0. The predicted octanol–water partition coefficient (Wildman–Crippen LogP) is 1.52. The van der Waals surface area contributed by atoms with E-state index >= 15 is 0 Å². The Morgan fingerprint density at radius 1 is 1.03 bits per heavy atom. The maximum atomic E-state index is 12.0. The number of aliphatic carboxylic acids is 2. The number of likely N-dealkylation sites (N-methyl/N-ethyl adjacent to an activating group) is 1. The van der Waals surface area contributed by atoms with Gasteiger partial charge >= 0.3 is 24.3 Å². The zero-order chi connectivity index (χ0) is 27.8. The number of carbonyl (C=O) groups is 4. The van der Waals surface area contributed by atoms with Crippen LogP contribution in [0, 0.1) is 5.92 Å². The quantitative estimate of drug-likeness (QED) is 0.500. The summed E-state index contributed by atoms with van der Waals surface area (Å²) in [5.74, 6) is -5.21. The van der Waals surface area contributed by atoms with Crippen molar-refractivity contribution in [1.82, 2.24) is 20.1 Å². The van der Waals surface area contributed by atoms with Crippen molar-refractivity contribution in [3.8, 4) is 0 Å². The highest BCUT2D eigenvalue weighted by Gasteiger charge is 2.49. The first-order chi connectivity index (χ1) is 16.5. The highest BCUT2D eigenvalue weighted by molar-refractivity contribution is 5.87. The molecule has 3 heterocycles. The minimum absolute atomic E-state index is 0.0132. The van der Waals surface area contributed by atoms with Gasteiger partial charge in [-0.1, -0.05) is 6.07 Å². The molecule has 1 aromatic heterocycles. The number of halogens is 6. The van der Waals surface area contributed by atoms with Crippen LogP contribution < -0.4 is 5.32 Å². The fourth-order valence-electron chi connectivity index (χ4n) is 3.82. The summed E-state index contributed by atoms with van der Waals surface area (Å²) in [6, 6.07) is 5.75. The summed E-state index contributed by atoms with van der Waals surface area (Å²) in [6.07, 6.45) is -7.61. The number of amides is 2. The molecule has 0 saturated carbocycles. The SMILES string of the molecule is CNC(=O)[C@H]1C[C@@H]2CN(Cc3ccccn3)C[C@@H]2N1C(C)=O.O=C(O)C(F)(F)F.O=C(O)C(F)(F)F. The lowest BCUT2D eigenvalue weighted by Gasteiger charge is -2.28. The fraction of sp³-hybridized carbons (Fsp3) is 0.550. The number of hydrogen-bond acceptors (Lipinski definition) is 6. The molecule has 2 amide bonds. The average molecular weight is 530 g/mol. The molecule has 0 radical (unpaired) electrons. The topological polar surface area (TPSA) is 140 Å². The van der Waals surface area contributed by atoms with Gasteiger partial charge in [0.15, 0.2) is 0 Å². The molecule has 202 valence electrons. The van der Waals surface area contributed by atoms with Gasteiger partial charge < -0.3 is 20.4 Å². The van der Waals surface area contributed by atoms with Gasteiger partial charge in [0.25, 0.3) is 0 Å². The number of alkyl halides is 6. The lowest BCUT2D eigenvalue weighted by molar-refractivity contribution is -0.193. The minimum Gasteiger partial charge on any atom is -0.475 e. The Labute approximate surface area is 200 Å². The number of likely N-dealkylation sites (tertiary alicyclic amines) is 2. The number of hydrogen-bond donors (Lipinski definition) is 3. The maximum absolute atomic E-state index is 12.0. The Hall–Kier alpha value is -3.43. The van der Waals surface area contributed by atoms with E-state index in [1.165, 1.54) is 0 Å². The summed E-state index contributed by atoms with van der Waals surface area (Å²) in [7, 11) is 1.63. The Kier molecular flexibility index (Phi) is 10.6. The third kappa shape index (κ3) is 8.98. The largest absolute Gasteiger partial charge is 0.490 e. The van der Waals surface area contributed by atoms with Crippen molar-refractivity contribution in [3.05, 3.63) is 30.1 Å². The van der Waals surface area contributed by atoms with E-state index in [2.05, 4.69) is 15.2 Å². The first kappa shape index (κ1) is 30.6. The molecule has 0 bridgehead atoms. The van der Waals surface area contributed by atoms with Crippen LogP contribution in [0.2, 0.25) is 0 Å². The van der Waals surface area contributed by atoms with Crippen LogP contribution in [0.25, 0.3) is 0 Å². The van der Waals surface area contributed by atoms with Gasteiger partial charge in [0, 0.05) is 45.8 Å². The monoisotopic (exact) mass is 530 g/mol. The van der Waals surface area contributed by atoms with Gasteiger partial charge in [-0.2, -0.15) is 26.3 Å². The third-order valence-corrected chi connectivity index (χ3v) is 5.21. The van der Waals surface area contributed by atoms with Crippen LogP contribution in [0.4, 0.5) is 26.3 Å². The molecule has 3 rings (SSSR count). The van der Waals surface area contributed by atoms with E-state index in [1.54, 1.807) is 25.1 Å². The molecule has 3 N–H and O–H groups in total. The van der Waals surface area contributed by atoms with Crippen LogP contribution in [-0.4, -0.2) is 93.3 Å². The molecule has 10 nitrogen and oxygen atoms in total. The van der Waals surface area contributed by atoms with Gasteiger partial charge in [0.2, 0.25) is 11.8 Å². The predicted molar refractivity (Wildman–Crippen MR) is 109 cm³/mol. The standard InChI is InChI=1S/C16H22N4O2.2C2HF3O2/c1-11(21)20-14(16(22)17-2)7-12-8-19(10-15(12)20)9-13-5-3-4-6-18-13;2*3-2(4,5)1(6)7/h3-6,12,14-15H,7-10H2,1-2H3,(H,17,22);2*(H,6,7)/t12-,14-,15+;;/m1../s1. The van der Waals surface area contributed by atoms with E-state index in [4.69, 9.17) is 19.8 Å². The van der Waals surface area contributed by atoms with Crippen LogP contribution in [0.3, 0.4) is 0 Å². The molecule has 16 heteroatoms. The molecule has 0 unspecified atom stereocenters. The van der Waals surface area contributed by atoms with Gasteiger partial charge in [0.1, 0.15) is 6.04 Å². The number of carboxylic acids is 2. The molecule has 3 atom stereocenters. The fourth-order valence-corrected chi connectivity index (χ4v) is 3.82. The summed E-state index contributed by atoms with van der Waals surface area (Å²) in [6.45, 7) is 4.08. The second kappa shape index (κ2) is 12.5. The molecule has 2 fully saturated rings. The second-order valence-electron chi connectivity index (χ2n) is 7.74. The van der Waals surface area contributed by atoms with Gasteiger partial charge in [0.05, 0.1) is 5.69 Å². The molecular formula is C20H24F6N4O6. The average Bonchev–Trinajstić information content (AvgIpc) is 3.30. The Bertz CT molecular complexity index is 904. The van der Waals surface area contributed by atoms with E-state index in [0.717, 1.165) is 31.7 Å². The molecular weight excluding hydrogens is 506 g/mol. The van der Waals surface area contributed by atoms with Gasteiger partial charge in [-0.15, -0.1) is 0 Å². The van der Waals surface area contributed by atoms with Gasteiger partial charge in [-0.05, 0) is 24.5 Å². The lowest BCUT2D eigenvalue weighted by Crippen LogP contribution is -2.49. The summed E-state index contributed by atoms with van der Waals surface area (Å²) < 4.78 is 63.5. The highest BCUT2D eigenvalue weighted by Crippen LogP contribution is 2.36. The highest BCUT2D eigenvalue weighted by atomic mass is 19.4. The molecule has 0 aliphatic carbocycles. The van der Waals surface area contributed by atoms with Crippen molar-refractivity contribution in [2.75, 3.05) is 20.1 Å². The van der Waals surface area contributed by atoms with E-state index in [-0.39, 0.29) is 23.9 Å². The lowest BCUT2D eigenvalue weighted by atomic mass is 10.0. The zero-order valence-corrected chi connectivity index (χ0v) is 19.0. The Morgan fingerprint density at radius 3 is 1.94 bits per heavy atom. The molecule has 0 aromatic carbocycles. The van der Waals surface area contributed by atoms with Crippen molar-refractivity contribution in [2.45, 2.75) is 44.3 Å². The van der Waals surface area contributed by atoms with Crippen molar-refractivity contribution < 1.29 is 55.7 Å². The number of carboxylic acid groups (broad SMARTS) is 2.